The molecule has 0 saturated heterocycles. The summed E-state index contributed by atoms with van der Waals surface area (Å²) in [5, 5.41) is 7.25. The van der Waals surface area contributed by atoms with Crippen LogP contribution in [0.4, 0.5) is 0 Å². The number of hydrogen-bond donors (Lipinski definition) is 2. The summed E-state index contributed by atoms with van der Waals surface area (Å²) in [5.74, 6) is 3.05. The summed E-state index contributed by atoms with van der Waals surface area (Å²) in [6.07, 6.45) is 2.39. The van der Waals surface area contributed by atoms with Crippen molar-refractivity contribution in [1.82, 2.24) is 15.5 Å². The van der Waals surface area contributed by atoms with E-state index >= 15 is 0 Å². The summed E-state index contributed by atoms with van der Waals surface area (Å²) in [4.78, 5) is 8.76. The third-order valence-corrected chi connectivity index (χ3v) is 4.11. The Kier molecular flexibility index (Phi) is 5.53. The van der Waals surface area contributed by atoms with Crippen LogP contribution in [-0.4, -0.2) is 29.3 Å². The van der Waals surface area contributed by atoms with Gasteiger partial charge in [-0.25, -0.2) is 0 Å². The molecule has 0 aliphatic carbocycles. The smallest absolute Gasteiger partial charge is 0.226 e. The lowest BCUT2D eigenvalue weighted by Gasteiger charge is -2.26. The number of nitrogens with two attached hydrogens (primary N) is 1. The lowest BCUT2D eigenvalue weighted by molar-refractivity contribution is 0.262. The van der Waals surface area contributed by atoms with Crippen molar-refractivity contribution < 1.29 is 9.26 Å². The number of guanidine groups is 1. The number of rotatable bonds is 6. The summed E-state index contributed by atoms with van der Waals surface area (Å²) in [7, 11) is 0. The van der Waals surface area contributed by atoms with Gasteiger partial charge < -0.3 is 20.3 Å². The minimum absolute atomic E-state index is 0.137. The third-order valence-electron chi connectivity index (χ3n) is 4.11. The number of aryl methyl sites for hydroxylation is 1. The van der Waals surface area contributed by atoms with Gasteiger partial charge in [-0.05, 0) is 12.5 Å². The molecular formula is C18H25N5O2. The number of fused-ring (bicyclic) bond motifs is 1. The first-order valence-corrected chi connectivity index (χ1v) is 8.74. The molecule has 25 heavy (non-hydrogen) atoms. The number of hydrogen-bond acceptors (Lipinski definition) is 5. The van der Waals surface area contributed by atoms with Gasteiger partial charge in [0, 0.05) is 30.9 Å². The van der Waals surface area contributed by atoms with Crippen LogP contribution in [0, 0.1) is 0 Å². The summed E-state index contributed by atoms with van der Waals surface area (Å²) < 4.78 is 10.9. The summed E-state index contributed by atoms with van der Waals surface area (Å²) in [6, 6.07) is 8.15. The molecule has 7 nitrogen and oxygen atoms in total. The summed E-state index contributed by atoms with van der Waals surface area (Å²) in [6.45, 7) is 5.37. The van der Waals surface area contributed by atoms with E-state index in [1.165, 1.54) is 0 Å². The standard InChI is InChI=1S/C18H25N5O2/c1-12(2)17-22-16(25-23-17)8-5-10-20-18(19)21-14-9-11-24-15-7-4-3-6-13(14)15/h3-4,6-7,12,14H,5,8-11H2,1-2H3,(H3,19,20,21). The number of aromatic nitrogens is 2. The van der Waals surface area contributed by atoms with Gasteiger partial charge in [0.1, 0.15) is 5.75 Å². The molecule has 0 bridgehead atoms. The van der Waals surface area contributed by atoms with Crippen LogP contribution in [0.5, 0.6) is 5.75 Å². The predicted molar refractivity (Wildman–Crippen MR) is 95.6 cm³/mol. The highest BCUT2D eigenvalue weighted by Gasteiger charge is 2.21. The van der Waals surface area contributed by atoms with Crippen molar-refractivity contribution in [3.05, 3.63) is 41.5 Å². The molecule has 1 aliphatic rings. The van der Waals surface area contributed by atoms with Gasteiger partial charge in [-0.15, -0.1) is 0 Å². The topological polar surface area (TPSA) is 98.6 Å². The first-order valence-electron chi connectivity index (χ1n) is 8.74. The molecule has 1 unspecified atom stereocenters. The fraction of sp³-hybridized carbons (Fsp3) is 0.500. The monoisotopic (exact) mass is 343 g/mol. The molecule has 3 rings (SSSR count). The van der Waals surface area contributed by atoms with Gasteiger partial charge in [0.2, 0.25) is 5.89 Å². The number of aliphatic imine (C=N–C) groups is 1. The molecule has 3 N–H and O–H groups in total. The molecule has 2 heterocycles. The number of nitrogens with one attached hydrogen (secondary N) is 1. The Morgan fingerprint density at radius 2 is 2.24 bits per heavy atom. The van der Waals surface area contributed by atoms with Crippen molar-refractivity contribution in [2.24, 2.45) is 10.7 Å². The van der Waals surface area contributed by atoms with E-state index in [0.717, 1.165) is 30.0 Å². The Hall–Kier alpha value is -2.57. The normalized spacial score (nSPS) is 17.2. The van der Waals surface area contributed by atoms with E-state index in [0.29, 0.717) is 31.4 Å². The Balaban J connectivity index is 1.48. The number of ether oxygens (including phenoxy) is 1. The van der Waals surface area contributed by atoms with E-state index in [1.807, 2.05) is 32.0 Å². The van der Waals surface area contributed by atoms with Gasteiger partial charge in [0.15, 0.2) is 11.8 Å². The van der Waals surface area contributed by atoms with E-state index in [-0.39, 0.29) is 12.0 Å². The fourth-order valence-corrected chi connectivity index (χ4v) is 2.75. The lowest BCUT2D eigenvalue weighted by Crippen LogP contribution is -2.37. The van der Waals surface area contributed by atoms with Gasteiger partial charge in [-0.2, -0.15) is 4.98 Å². The molecule has 0 fully saturated rings. The molecule has 2 aromatic rings. The summed E-state index contributed by atoms with van der Waals surface area (Å²) in [5.41, 5.74) is 7.16. The average molecular weight is 343 g/mol. The van der Waals surface area contributed by atoms with Gasteiger partial charge >= 0.3 is 0 Å². The van der Waals surface area contributed by atoms with Gasteiger partial charge in [0.25, 0.3) is 0 Å². The maximum absolute atomic E-state index is 6.03. The maximum atomic E-state index is 6.03. The number of para-hydroxylation sites is 1. The lowest BCUT2D eigenvalue weighted by atomic mass is 10.0. The van der Waals surface area contributed by atoms with Crippen LogP contribution in [0.2, 0.25) is 0 Å². The Morgan fingerprint density at radius 3 is 3.04 bits per heavy atom. The Labute approximate surface area is 147 Å². The predicted octanol–water partition coefficient (Wildman–Crippen LogP) is 2.55. The zero-order valence-corrected chi connectivity index (χ0v) is 14.7. The minimum Gasteiger partial charge on any atom is -0.493 e. The van der Waals surface area contributed by atoms with E-state index < -0.39 is 0 Å². The van der Waals surface area contributed by atoms with Crippen LogP contribution >= 0.6 is 0 Å². The van der Waals surface area contributed by atoms with Crippen molar-refractivity contribution in [2.75, 3.05) is 13.2 Å². The average Bonchev–Trinajstić information content (AvgIpc) is 3.08. The quantitative estimate of drug-likeness (QED) is 0.475. The van der Waals surface area contributed by atoms with Crippen molar-refractivity contribution in [3.63, 3.8) is 0 Å². The minimum atomic E-state index is 0.137. The van der Waals surface area contributed by atoms with Crippen molar-refractivity contribution in [2.45, 2.75) is 45.1 Å². The van der Waals surface area contributed by atoms with Crippen LogP contribution in [-0.2, 0) is 6.42 Å². The van der Waals surface area contributed by atoms with E-state index in [4.69, 9.17) is 15.0 Å². The van der Waals surface area contributed by atoms with Crippen LogP contribution in [0.25, 0.3) is 0 Å². The van der Waals surface area contributed by atoms with Crippen LogP contribution in [0.1, 0.15) is 55.9 Å². The van der Waals surface area contributed by atoms with Crippen molar-refractivity contribution >= 4 is 5.96 Å². The SMILES string of the molecule is CC(C)c1noc(CCCN=C(N)NC2CCOc3ccccc32)n1. The molecule has 1 aromatic carbocycles. The highest BCUT2D eigenvalue weighted by molar-refractivity contribution is 5.78. The zero-order valence-electron chi connectivity index (χ0n) is 14.7. The number of nitrogens with zero attached hydrogens (tertiary/aromatic N) is 3. The highest BCUT2D eigenvalue weighted by Crippen LogP contribution is 2.31. The molecule has 0 saturated carbocycles. The first-order chi connectivity index (χ1) is 12.1. The molecule has 0 radical (unpaired) electrons. The second-order valence-electron chi connectivity index (χ2n) is 6.44. The molecule has 1 atom stereocenters. The van der Waals surface area contributed by atoms with Gasteiger partial charge in [-0.1, -0.05) is 37.2 Å². The van der Waals surface area contributed by atoms with Crippen LogP contribution in [0.3, 0.4) is 0 Å². The molecule has 0 amide bonds. The highest BCUT2D eigenvalue weighted by atomic mass is 16.5. The molecule has 0 spiro atoms. The molecule has 1 aliphatic heterocycles. The van der Waals surface area contributed by atoms with E-state index in [9.17, 15) is 0 Å². The van der Waals surface area contributed by atoms with Gasteiger partial charge in [-0.3, -0.25) is 4.99 Å². The molecule has 134 valence electrons. The van der Waals surface area contributed by atoms with Crippen molar-refractivity contribution in [3.8, 4) is 5.75 Å². The molecule has 7 heteroatoms. The van der Waals surface area contributed by atoms with Gasteiger partial charge in [0.05, 0.1) is 12.6 Å². The van der Waals surface area contributed by atoms with E-state index in [1.54, 1.807) is 0 Å². The maximum Gasteiger partial charge on any atom is 0.226 e. The van der Waals surface area contributed by atoms with Crippen LogP contribution in [0.15, 0.2) is 33.8 Å². The Bertz CT molecular complexity index is 726. The third kappa shape index (κ3) is 4.49. The van der Waals surface area contributed by atoms with Crippen molar-refractivity contribution in [1.29, 1.82) is 0 Å². The second-order valence-corrected chi connectivity index (χ2v) is 6.44. The molecular weight excluding hydrogens is 318 g/mol. The van der Waals surface area contributed by atoms with Crippen LogP contribution < -0.4 is 15.8 Å². The zero-order chi connectivity index (χ0) is 17.6. The Morgan fingerprint density at radius 1 is 1.40 bits per heavy atom. The molecule has 1 aromatic heterocycles. The first kappa shape index (κ1) is 17.3. The summed E-state index contributed by atoms with van der Waals surface area (Å²) >= 11 is 0. The second kappa shape index (κ2) is 8.00. The number of benzene rings is 1. The largest absolute Gasteiger partial charge is 0.493 e. The fourth-order valence-electron chi connectivity index (χ4n) is 2.75. The van der Waals surface area contributed by atoms with E-state index in [2.05, 4.69) is 26.5 Å².